The molecule has 1 aromatic heterocycles. The topological polar surface area (TPSA) is 98.0 Å². The molecule has 3 fully saturated rings. The Kier molecular flexibility index (Phi) is 7.25. The van der Waals surface area contributed by atoms with Crippen molar-refractivity contribution < 1.29 is 17.9 Å². The fraction of sp³-hybridized carbons (Fsp3) is 0.762. The lowest BCUT2D eigenvalue weighted by Crippen LogP contribution is -2.51. The van der Waals surface area contributed by atoms with E-state index in [1.807, 2.05) is 12.1 Å². The third kappa shape index (κ3) is 4.96. The van der Waals surface area contributed by atoms with E-state index in [2.05, 4.69) is 4.98 Å². The minimum Gasteiger partial charge on any atom is -0.476 e. The van der Waals surface area contributed by atoms with E-state index in [4.69, 9.17) is 15.2 Å². The van der Waals surface area contributed by atoms with Gasteiger partial charge in [-0.3, -0.25) is 0 Å². The molecular formula is C21H34N4O4S. The van der Waals surface area contributed by atoms with Crippen LogP contribution in [-0.2, 0) is 21.5 Å². The number of rotatable bonds is 7. The van der Waals surface area contributed by atoms with E-state index in [9.17, 15) is 8.42 Å². The van der Waals surface area contributed by atoms with E-state index in [0.29, 0.717) is 63.7 Å². The summed E-state index contributed by atoms with van der Waals surface area (Å²) in [6.45, 7) is 3.07. The van der Waals surface area contributed by atoms with E-state index in [0.717, 1.165) is 12.0 Å². The first-order chi connectivity index (χ1) is 14.6. The average Bonchev–Trinajstić information content (AvgIpc) is 3.24. The van der Waals surface area contributed by atoms with Crippen LogP contribution in [0.5, 0.6) is 5.88 Å². The Morgan fingerprint density at radius 3 is 2.67 bits per heavy atom. The third-order valence-corrected chi connectivity index (χ3v) is 8.82. The standard InChI is InChI=1S/C21H34N4O4S/c22-14-17-6-7-23-21(12-17)29-16-20-13-19(18-4-2-1-3-5-18)15-25(20)30(26,27)24-8-10-28-11-9-24/h6-7,12,18-20H,1-5,8-11,13-16,22H2/t19-,20?/m1/s1. The summed E-state index contributed by atoms with van der Waals surface area (Å²) >= 11 is 0. The quantitative estimate of drug-likeness (QED) is 0.697. The Labute approximate surface area is 179 Å². The van der Waals surface area contributed by atoms with Crippen LogP contribution < -0.4 is 10.5 Å². The Hall–Kier alpha value is -1.26. The second kappa shape index (κ2) is 9.91. The Morgan fingerprint density at radius 1 is 1.17 bits per heavy atom. The molecule has 4 rings (SSSR count). The molecule has 1 saturated carbocycles. The van der Waals surface area contributed by atoms with Gasteiger partial charge in [0.25, 0.3) is 10.2 Å². The third-order valence-electron chi connectivity index (χ3n) is 6.76. The predicted octanol–water partition coefficient (Wildman–Crippen LogP) is 1.77. The van der Waals surface area contributed by atoms with Crippen molar-refractivity contribution in [3.05, 3.63) is 23.9 Å². The van der Waals surface area contributed by atoms with Crippen molar-refractivity contribution in [3.63, 3.8) is 0 Å². The van der Waals surface area contributed by atoms with Crippen molar-refractivity contribution in [2.24, 2.45) is 17.6 Å². The largest absolute Gasteiger partial charge is 0.476 e. The monoisotopic (exact) mass is 438 g/mol. The maximum absolute atomic E-state index is 13.4. The molecule has 0 bridgehead atoms. The molecule has 2 atom stereocenters. The first-order valence-electron chi connectivity index (χ1n) is 11.2. The Balaban J connectivity index is 1.49. The van der Waals surface area contributed by atoms with Gasteiger partial charge < -0.3 is 15.2 Å². The van der Waals surface area contributed by atoms with Crippen LogP contribution in [0.3, 0.4) is 0 Å². The molecule has 2 N–H and O–H groups in total. The number of hydrogen-bond donors (Lipinski definition) is 1. The van der Waals surface area contributed by atoms with E-state index in [1.165, 1.54) is 32.1 Å². The normalized spacial score (nSPS) is 27.4. The van der Waals surface area contributed by atoms with Crippen LogP contribution in [0.1, 0.15) is 44.1 Å². The van der Waals surface area contributed by atoms with Crippen molar-refractivity contribution in [3.8, 4) is 5.88 Å². The van der Waals surface area contributed by atoms with Gasteiger partial charge in [-0.2, -0.15) is 17.0 Å². The molecule has 0 aromatic carbocycles. The zero-order chi connectivity index (χ0) is 21.0. The summed E-state index contributed by atoms with van der Waals surface area (Å²) in [6, 6.07) is 3.51. The zero-order valence-corrected chi connectivity index (χ0v) is 18.4. The molecule has 2 saturated heterocycles. The van der Waals surface area contributed by atoms with Crippen LogP contribution in [0.4, 0.5) is 0 Å². The molecular weight excluding hydrogens is 404 g/mol. The highest BCUT2D eigenvalue weighted by molar-refractivity contribution is 7.86. The summed E-state index contributed by atoms with van der Waals surface area (Å²) in [4.78, 5) is 4.26. The van der Waals surface area contributed by atoms with Crippen molar-refractivity contribution >= 4 is 10.2 Å². The van der Waals surface area contributed by atoms with Crippen molar-refractivity contribution in [1.29, 1.82) is 0 Å². The average molecular weight is 439 g/mol. The van der Waals surface area contributed by atoms with Gasteiger partial charge >= 0.3 is 0 Å². The molecule has 1 unspecified atom stereocenters. The summed E-state index contributed by atoms with van der Waals surface area (Å²) < 4.78 is 41.5. The summed E-state index contributed by atoms with van der Waals surface area (Å²) in [6.07, 6.45) is 8.77. The highest BCUT2D eigenvalue weighted by Crippen LogP contribution is 2.39. The van der Waals surface area contributed by atoms with Gasteiger partial charge in [0.2, 0.25) is 5.88 Å². The van der Waals surface area contributed by atoms with Gasteiger partial charge in [0.05, 0.1) is 19.3 Å². The number of aromatic nitrogens is 1. The zero-order valence-electron chi connectivity index (χ0n) is 17.6. The highest BCUT2D eigenvalue weighted by Gasteiger charge is 2.45. The number of pyridine rings is 1. The minimum atomic E-state index is -3.53. The van der Waals surface area contributed by atoms with Gasteiger partial charge in [-0.05, 0) is 29.9 Å². The molecule has 3 heterocycles. The summed E-state index contributed by atoms with van der Waals surface area (Å²) in [5, 5.41) is 0. The summed E-state index contributed by atoms with van der Waals surface area (Å²) in [5.74, 6) is 1.52. The molecule has 30 heavy (non-hydrogen) atoms. The van der Waals surface area contributed by atoms with E-state index >= 15 is 0 Å². The second-order valence-corrected chi connectivity index (χ2v) is 10.5. The highest BCUT2D eigenvalue weighted by atomic mass is 32.2. The van der Waals surface area contributed by atoms with Crippen molar-refractivity contribution in [1.82, 2.24) is 13.6 Å². The molecule has 0 amide bonds. The molecule has 3 aliphatic rings. The van der Waals surface area contributed by atoms with Crippen LogP contribution >= 0.6 is 0 Å². The summed E-state index contributed by atoms with van der Waals surface area (Å²) in [7, 11) is -3.53. The lowest BCUT2D eigenvalue weighted by atomic mass is 9.79. The molecule has 9 heteroatoms. The first-order valence-corrected chi connectivity index (χ1v) is 12.6. The van der Waals surface area contributed by atoms with Gasteiger partial charge in [-0.15, -0.1) is 0 Å². The second-order valence-electron chi connectivity index (χ2n) is 8.65. The van der Waals surface area contributed by atoms with Crippen molar-refractivity contribution in [2.45, 2.75) is 51.1 Å². The number of ether oxygens (including phenoxy) is 2. The van der Waals surface area contributed by atoms with Gasteiger partial charge in [0, 0.05) is 38.4 Å². The Bertz CT molecular complexity index is 794. The maximum Gasteiger partial charge on any atom is 0.282 e. The molecule has 8 nitrogen and oxygen atoms in total. The molecule has 2 aliphatic heterocycles. The van der Waals surface area contributed by atoms with Crippen molar-refractivity contribution in [2.75, 3.05) is 39.5 Å². The number of morpholine rings is 1. The fourth-order valence-corrected chi connectivity index (χ4v) is 6.88. The SMILES string of the molecule is NCc1ccnc(OCC2C[C@@H](C3CCCCC3)CN2S(=O)(=O)N2CCOCC2)c1. The number of hydrogen-bond acceptors (Lipinski definition) is 6. The summed E-state index contributed by atoms with van der Waals surface area (Å²) in [5.41, 5.74) is 6.66. The lowest BCUT2D eigenvalue weighted by Gasteiger charge is -2.33. The van der Waals surface area contributed by atoms with Gasteiger partial charge in [-0.1, -0.05) is 32.1 Å². The minimum absolute atomic E-state index is 0.173. The molecule has 0 radical (unpaired) electrons. The van der Waals surface area contributed by atoms with Crippen LogP contribution in [0.2, 0.25) is 0 Å². The number of nitrogens with two attached hydrogens (primary N) is 1. The van der Waals surface area contributed by atoms with Gasteiger partial charge in [0.15, 0.2) is 0 Å². The van der Waals surface area contributed by atoms with Gasteiger partial charge in [-0.25, -0.2) is 4.98 Å². The lowest BCUT2D eigenvalue weighted by molar-refractivity contribution is 0.0692. The predicted molar refractivity (Wildman–Crippen MR) is 114 cm³/mol. The van der Waals surface area contributed by atoms with E-state index < -0.39 is 10.2 Å². The number of nitrogens with zero attached hydrogens (tertiary/aromatic N) is 3. The maximum atomic E-state index is 13.4. The fourth-order valence-electron chi connectivity index (χ4n) is 5.07. The molecule has 1 aromatic rings. The van der Waals surface area contributed by atoms with Gasteiger partial charge in [0.1, 0.15) is 6.61 Å². The smallest absolute Gasteiger partial charge is 0.282 e. The first kappa shape index (κ1) is 22.0. The van der Waals surface area contributed by atoms with E-state index in [-0.39, 0.29) is 6.04 Å². The van der Waals surface area contributed by atoms with E-state index in [1.54, 1.807) is 14.8 Å². The molecule has 0 spiro atoms. The van der Waals surface area contributed by atoms with Crippen LogP contribution in [-0.4, -0.2) is 67.5 Å². The molecule has 168 valence electrons. The van der Waals surface area contributed by atoms with Crippen LogP contribution in [0, 0.1) is 11.8 Å². The Morgan fingerprint density at radius 2 is 1.93 bits per heavy atom. The van der Waals surface area contributed by atoms with Crippen LogP contribution in [0.15, 0.2) is 18.3 Å². The molecule has 1 aliphatic carbocycles. The van der Waals surface area contributed by atoms with Crippen LogP contribution in [0.25, 0.3) is 0 Å².